The van der Waals surface area contributed by atoms with Gasteiger partial charge < -0.3 is 10.2 Å². The summed E-state index contributed by atoms with van der Waals surface area (Å²) in [6.07, 6.45) is 2.31. The van der Waals surface area contributed by atoms with Crippen molar-refractivity contribution in [2.75, 3.05) is 0 Å². The van der Waals surface area contributed by atoms with Gasteiger partial charge in [-0.15, -0.1) is 0 Å². The van der Waals surface area contributed by atoms with Crippen LogP contribution in [0.5, 0.6) is 0 Å². The summed E-state index contributed by atoms with van der Waals surface area (Å²) in [6.45, 7) is 8.38. The maximum absolute atomic E-state index is 12.0. The van der Waals surface area contributed by atoms with Gasteiger partial charge >= 0.3 is 5.97 Å². The molecule has 2 aliphatic rings. The molecule has 4 unspecified atom stereocenters. The van der Waals surface area contributed by atoms with E-state index in [0.717, 1.165) is 12.8 Å². The zero-order valence-corrected chi connectivity index (χ0v) is 14.6. The van der Waals surface area contributed by atoms with Crippen LogP contribution in [-0.2, 0) is 16.6 Å². The van der Waals surface area contributed by atoms with Gasteiger partial charge in [-0.3, -0.25) is 4.79 Å². The van der Waals surface area contributed by atoms with E-state index in [1.807, 2.05) is 6.92 Å². The van der Waals surface area contributed by atoms with E-state index in [-0.39, 0.29) is 11.3 Å². The summed E-state index contributed by atoms with van der Waals surface area (Å²) in [5.41, 5.74) is 2.83. The molecule has 0 spiro atoms. The van der Waals surface area contributed by atoms with Crippen molar-refractivity contribution in [1.82, 2.24) is 0 Å². The largest absolute Gasteiger partial charge is 0.481 e. The van der Waals surface area contributed by atoms with Gasteiger partial charge in [0, 0.05) is 0 Å². The van der Waals surface area contributed by atoms with Crippen LogP contribution >= 0.6 is 0 Å². The summed E-state index contributed by atoms with van der Waals surface area (Å²) in [5.74, 6) is -0.199. The first-order valence-electron chi connectivity index (χ1n) is 8.73. The number of benzene rings is 1. The number of hydrogen-bond donors (Lipinski definition) is 2. The fourth-order valence-electron chi connectivity index (χ4n) is 5.25. The molecule has 0 radical (unpaired) electrons. The average Bonchev–Trinajstić information content (AvgIpc) is 2.45. The van der Waals surface area contributed by atoms with Crippen LogP contribution in [0.3, 0.4) is 0 Å². The molecule has 0 aromatic heterocycles. The van der Waals surface area contributed by atoms with Crippen molar-refractivity contribution in [2.24, 2.45) is 11.3 Å². The highest BCUT2D eigenvalue weighted by Gasteiger charge is 2.57. The van der Waals surface area contributed by atoms with Crippen LogP contribution in [0.15, 0.2) is 18.2 Å². The minimum Gasteiger partial charge on any atom is -0.481 e. The van der Waals surface area contributed by atoms with Crippen molar-refractivity contribution in [3.63, 3.8) is 0 Å². The lowest BCUT2D eigenvalue weighted by molar-refractivity contribution is -0.162. The van der Waals surface area contributed by atoms with Gasteiger partial charge in [-0.05, 0) is 66.5 Å². The number of carboxylic acids is 1. The highest BCUT2D eigenvalue weighted by atomic mass is 16.4. The Hall–Kier alpha value is -1.35. The predicted octanol–water partition coefficient (Wildman–Crippen LogP) is 3.88. The van der Waals surface area contributed by atoms with Crippen molar-refractivity contribution in [2.45, 2.75) is 70.8 Å². The van der Waals surface area contributed by atoms with E-state index < -0.39 is 17.5 Å². The normalized spacial score (nSPS) is 36.4. The summed E-state index contributed by atoms with van der Waals surface area (Å²) in [6, 6.07) is 6.66. The van der Waals surface area contributed by atoms with Gasteiger partial charge in [0.05, 0.1) is 11.5 Å². The maximum atomic E-state index is 12.0. The third-order valence-electron chi connectivity index (χ3n) is 6.46. The molecule has 0 bridgehead atoms. The Bertz CT molecular complexity index is 636. The number of aliphatic hydroxyl groups excluding tert-OH is 1. The molecule has 2 N–H and O–H groups in total. The second-order valence-corrected chi connectivity index (χ2v) is 8.36. The van der Waals surface area contributed by atoms with E-state index in [1.165, 1.54) is 16.7 Å². The molecule has 4 atom stereocenters. The Balaban J connectivity index is 2.11. The van der Waals surface area contributed by atoms with Crippen molar-refractivity contribution in [3.8, 4) is 0 Å². The molecule has 0 heterocycles. The van der Waals surface area contributed by atoms with Crippen molar-refractivity contribution in [3.05, 3.63) is 34.9 Å². The Kier molecular flexibility index (Phi) is 3.83. The minimum atomic E-state index is -0.846. The molecule has 1 aromatic rings. The lowest BCUT2D eigenvalue weighted by Crippen LogP contribution is -2.56. The Labute approximate surface area is 138 Å². The first-order valence-corrected chi connectivity index (χ1v) is 8.73. The van der Waals surface area contributed by atoms with Gasteiger partial charge in [0.1, 0.15) is 0 Å². The van der Waals surface area contributed by atoms with E-state index in [4.69, 9.17) is 0 Å². The van der Waals surface area contributed by atoms with E-state index in [2.05, 4.69) is 39.0 Å². The monoisotopic (exact) mass is 316 g/mol. The maximum Gasteiger partial charge on any atom is 0.309 e. The molecule has 0 aliphatic heterocycles. The zero-order chi connectivity index (χ0) is 17.0. The smallest absolute Gasteiger partial charge is 0.309 e. The van der Waals surface area contributed by atoms with Crippen LogP contribution in [0.25, 0.3) is 0 Å². The Morgan fingerprint density at radius 2 is 1.96 bits per heavy atom. The number of fused-ring (bicyclic) bond motifs is 3. The molecule has 2 aliphatic carbocycles. The summed E-state index contributed by atoms with van der Waals surface area (Å²) in [4.78, 5) is 12.0. The van der Waals surface area contributed by atoms with Crippen LogP contribution in [0.2, 0.25) is 0 Å². The molecule has 3 nitrogen and oxygen atoms in total. The van der Waals surface area contributed by atoms with Gasteiger partial charge in [0.2, 0.25) is 0 Å². The van der Waals surface area contributed by atoms with Crippen LogP contribution in [0.4, 0.5) is 0 Å². The lowest BCUT2D eigenvalue weighted by Gasteiger charge is -2.55. The number of carboxylic acid groups (broad SMARTS) is 1. The molecule has 1 fully saturated rings. The van der Waals surface area contributed by atoms with Crippen LogP contribution in [0, 0.1) is 11.3 Å². The fourth-order valence-corrected chi connectivity index (χ4v) is 5.25. The van der Waals surface area contributed by atoms with E-state index in [9.17, 15) is 15.0 Å². The van der Waals surface area contributed by atoms with Gasteiger partial charge in [-0.1, -0.05) is 39.0 Å². The molecule has 23 heavy (non-hydrogen) atoms. The first-order chi connectivity index (χ1) is 10.7. The van der Waals surface area contributed by atoms with Crippen LogP contribution in [-0.4, -0.2) is 22.3 Å². The van der Waals surface area contributed by atoms with Gasteiger partial charge in [0.15, 0.2) is 0 Å². The highest BCUT2D eigenvalue weighted by molar-refractivity contribution is 5.75. The summed E-state index contributed by atoms with van der Waals surface area (Å²) in [7, 11) is 0. The fraction of sp³-hybridized carbons (Fsp3) is 0.650. The number of aryl methyl sites for hydroxylation is 1. The second-order valence-electron chi connectivity index (χ2n) is 8.36. The first kappa shape index (κ1) is 16.5. The summed E-state index contributed by atoms with van der Waals surface area (Å²) >= 11 is 0. The molecule has 0 amide bonds. The van der Waals surface area contributed by atoms with E-state index in [0.29, 0.717) is 18.8 Å². The van der Waals surface area contributed by atoms with Crippen LogP contribution < -0.4 is 0 Å². The average molecular weight is 316 g/mol. The summed E-state index contributed by atoms with van der Waals surface area (Å²) in [5, 5.41) is 20.2. The van der Waals surface area contributed by atoms with E-state index in [1.54, 1.807) is 0 Å². The molecule has 1 aromatic carbocycles. The SMILES string of the molecule is CC(C)c1ccc2c(c1)CCC1C(C)(C(=O)O)CC(O)CC21C. The highest BCUT2D eigenvalue weighted by Crippen LogP contribution is 2.57. The minimum absolute atomic E-state index is 0.0771. The number of carbonyl (C=O) groups is 1. The lowest BCUT2D eigenvalue weighted by atomic mass is 9.49. The molecule has 3 rings (SSSR count). The Morgan fingerprint density at radius 3 is 2.57 bits per heavy atom. The number of rotatable bonds is 2. The topological polar surface area (TPSA) is 57.5 Å². The standard InChI is InChI=1S/C20H28O3/c1-12(2)13-5-7-16-14(9-13)6-8-17-19(16,3)10-15(21)11-20(17,4)18(22)23/h5,7,9,12,15,17,21H,6,8,10-11H2,1-4H3,(H,22,23). The second kappa shape index (κ2) is 5.34. The number of aliphatic carboxylic acids is 1. The molecular weight excluding hydrogens is 288 g/mol. The Morgan fingerprint density at radius 1 is 1.26 bits per heavy atom. The van der Waals surface area contributed by atoms with Gasteiger partial charge in [-0.2, -0.15) is 0 Å². The molecule has 126 valence electrons. The number of aliphatic hydroxyl groups is 1. The summed E-state index contributed by atoms with van der Waals surface area (Å²) < 4.78 is 0. The van der Waals surface area contributed by atoms with Gasteiger partial charge in [0.25, 0.3) is 0 Å². The third kappa shape index (κ3) is 2.40. The van der Waals surface area contributed by atoms with Crippen LogP contribution in [0.1, 0.15) is 69.6 Å². The molecular formula is C20H28O3. The van der Waals surface area contributed by atoms with Gasteiger partial charge in [-0.25, -0.2) is 0 Å². The molecule has 1 saturated carbocycles. The number of hydrogen-bond acceptors (Lipinski definition) is 2. The zero-order valence-electron chi connectivity index (χ0n) is 14.6. The van der Waals surface area contributed by atoms with Crippen molar-refractivity contribution in [1.29, 1.82) is 0 Å². The van der Waals surface area contributed by atoms with E-state index >= 15 is 0 Å². The molecule has 3 heteroatoms. The molecule has 0 saturated heterocycles. The third-order valence-corrected chi connectivity index (χ3v) is 6.46. The predicted molar refractivity (Wildman–Crippen MR) is 90.7 cm³/mol. The van der Waals surface area contributed by atoms with Crippen molar-refractivity contribution < 1.29 is 15.0 Å². The quantitative estimate of drug-likeness (QED) is 0.870. The van der Waals surface area contributed by atoms with Crippen molar-refractivity contribution >= 4 is 5.97 Å².